The molecule has 1 N–H and O–H groups in total. The van der Waals surface area contributed by atoms with Gasteiger partial charge in [0, 0.05) is 11.6 Å². The van der Waals surface area contributed by atoms with Gasteiger partial charge in [0.1, 0.15) is 0 Å². The van der Waals surface area contributed by atoms with Gasteiger partial charge in [-0.2, -0.15) is 0 Å². The lowest BCUT2D eigenvalue weighted by Crippen LogP contribution is -2.45. The zero-order valence-corrected chi connectivity index (χ0v) is 17.6. The number of nitrogens with zero attached hydrogens (tertiary/aromatic N) is 2. The summed E-state index contributed by atoms with van der Waals surface area (Å²) in [6.45, 7) is 7.96. The molecule has 0 bridgehead atoms. The highest BCUT2D eigenvalue weighted by Crippen LogP contribution is 2.34. The minimum atomic E-state index is -0.129. The van der Waals surface area contributed by atoms with Gasteiger partial charge in [0.2, 0.25) is 5.91 Å². The Morgan fingerprint density at radius 1 is 1.11 bits per heavy atom. The van der Waals surface area contributed by atoms with E-state index < -0.39 is 0 Å². The molecule has 0 radical (unpaired) electrons. The topological polar surface area (TPSA) is 45.2 Å². The molecule has 1 atom stereocenters. The van der Waals surface area contributed by atoms with E-state index in [1.807, 2.05) is 56.4 Å². The zero-order chi connectivity index (χ0) is 19.7. The van der Waals surface area contributed by atoms with Crippen molar-refractivity contribution in [1.29, 1.82) is 0 Å². The largest absolute Gasteiger partial charge is 0.324 e. The van der Waals surface area contributed by atoms with Crippen LogP contribution in [0.5, 0.6) is 0 Å². The lowest BCUT2D eigenvalue weighted by molar-refractivity contribution is -0.121. The quantitative estimate of drug-likeness (QED) is 0.669. The first kappa shape index (κ1) is 19.1. The number of rotatable bonds is 4. The normalized spacial score (nSPS) is 17.0. The predicted octanol–water partition coefficient (Wildman–Crippen LogP) is 5.12. The third-order valence-corrected chi connectivity index (χ3v) is 7.04. The van der Waals surface area contributed by atoms with Gasteiger partial charge in [0.25, 0.3) is 0 Å². The Morgan fingerprint density at radius 2 is 1.79 bits per heavy atom. The first-order valence-corrected chi connectivity index (χ1v) is 10.8. The van der Waals surface area contributed by atoms with E-state index in [1.165, 1.54) is 9.71 Å². The Morgan fingerprint density at radius 3 is 2.46 bits per heavy atom. The summed E-state index contributed by atoms with van der Waals surface area (Å²) in [7, 11) is 0. The molecule has 4 rings (SSSR count). The van der Waals surface area contributed by atoms with Crippen LogP contribution >= 0.6 is 11.3 Å². The molecule has 2 aromatic carbocycles. The van der Waals surface area contributed by atoms with Gasteiger partial charge < -0.3 is 5.32 Å². The van der Waals surface area contributed by atoms with Crippen molar-refractivity contribution in [3.63, 3.8) is 0 Å². The standard InChI is InChI=1S/C23H27N3OS/c1-15-7-6-8-16(2)21(15)25-22(27)17(3)26-13-11-18(12-14-26)23-24-19-9-4-5-10-20(19)28-23/h4-10,17-18H,11-14H2,1-3H3,(H,25,27)/t17-/m0/s1. The van der Waals surface area contributed by atoms with E-state index in [9.17, 15) is 4.79 Å². The lowest BCUT2D eigenvalue weighted by atomic mass is 9.96. The van der Waals surface area contributed by atoms with Gasteiger partial charge >= 0.3 is 0 Å². The van der Waals surface area contributed by atoms with E-state index >= 15 is 0 Å². The van der Waals surface area contributed by atoms with Crippen molar-refractivity contribution in [3.05, 3.63) is 58.6 Å². The summed E-state index contributed by atoms with van der Waals surface area (Å²) in [6, 6.07) is 14.3. The van der Waals surface area contributed by atoms with E-state index in [2.05, 4.69) is 28.4 Å². The van der Waals surface area contributed by atoms with Crippen LogP contribution in [0.4, 0.5) is 5.69 Å². The summed E-state index contributed by atoms with van der Waals surface area (Å²) in [5, 5.41) is 4.39. The number of amides is 1. The number of benzene rings is 2. The number of hydrogen-bond acceptors (Lipinski definition) is 4. The number of para-hydroxylation sites is 2. The molecule has 2 heterocycles. The lowest BCUT2D eigenvalue weighted by Gasteiger charge is -2.34. The molecular formula is C23H27N3OS. The van der Waals surface area contributed by atoms with Crippen LogP contribution in [-0.2, 0) is 4.79 Å². The number of hydrogen-bond donors (Lipinski definition) is 1. The molecule has 1 amide bonds. The highest BCUT2D eigenvalue weighted by Gasteiger charge is 2.29. The average Bonchev–Trinajstić information content (AvgIpc) is 3.14. The number of carbonyl (C=O) groups excluding carboxylic acids is 1. The van der Waals surface area contributed by atoms with Crippen molar-refractivity contribution in [2.75, 3.05) is 18.4 Å². The van der Waals surface area contributed by atoms with Crippen LogP contribution in [0, 0.1) is 13.8 Å². The number of likely N-dealkylation sites (tertiary alicyclic amines) is 1. The molecule has 3 aromatic rings. The number of aryl methyl sites for hydroxylation is 2. The second kappa shape index (κ2) is 8.02. The van der Waals surface area contributed by atoms with Crippen LogP contribution in [-0.4, -0.2) is 34.9 Å². The number of anilines is 1. The van der Waals surface area contributed by atoms with E-state index in [4.69, 9.17) is 4.98 Å². The van der Waals surface area contributed by atoms with Crippen LogP contribution in [0.2, 0.25) is 0 Å². The molecule has 146 valence electrons. The van der Waals surface area contributed by atoms with Crippen molar-refractivity contribution in [1.82, 2.24) is 9.88 Å². The van der Waals surface area contributed by atoms with E-state index in [-0.39, 0.29) is 11.9 Å². The van der Waals surface area contributed by atoms with Crippen LogP contribution in [0.3, 0.4) is 0 Å². The van der Waals surface area contributed by atoms with Crippen molar-refractivity contribution < 1.29 is 4.79 Å². The van der Waals surface area contributed by atoms with Crippen LogP contribution in [0.15, 0.2) is 42.5 Å². The summed E-state index contributed by atoms with van der Waals surface area (Å²) in [4.78, 5) is 20.0. The highest BCUT2D eigenvalue weighted by molar-refractivity contribution is 7.18. The fourth-order valence-electron chi connectivity index (χ4n) is 4.00. The molecule has 1 aliphatic heterocycles. The van der Waals surface area contributed by atoms with Gasteiger partial charge in [0.05, 0.1) is 21.3 Å². The second-order valence-electron chi connectivity index (χ2n) is 7.76. The minimum absolute atomic E-state index is 0.0795. The maximum atomic E-state index is 12.8. The monoisotopic (exact) mass is 393 g/mol. The molecule has 1 saturated heterocycles. The molecule has 0 spiro atoms. The van der Waals surface area contributed by atoms with Gasteiger partial charge in [-0.1, -0.05) is 30.3 Å². The average molecular weight is 394 g/mol. The Kier molecular flexibility index (Phi) is 5.47. The molecule has 1 aromatic heterocycles. The molecule has 4 nitrogen and oxygen atoms in total. The van der Waals surface area contributed by atoms with E-state index in [0.29, 0.717) is 5.92 Å². The Balaban J connectivity index is 1.38. The predicted molar refractivity (Wildman–Crippen MR) is 117 cm³/mol. The fourth-order valence-corrected chi connectivity index (χ4v) is 5.14. The van der Waals surface area contributed by atoms with Crippen LogP contribution in [0.1, 0.15) is 41.8 Å². The Labute approximate surface area is 170 Å². The number of carbonyl (C=O) groups is 1. The molecule has 0 saturated carbocycles. The van der Waals surface area contributed by atoms with Crippen molar-refractivity contribution in [2.45, 2.75) is 45.6 Å². The van der Waals surface area contributed by atoms with E-state index in [0.717, 1.165) is 48.3 Å². The second-order valence-corrected chi connectivity index (χ2v) is 8.82. The first-order valence-electron chi connectivity index (χ1n) is 9.99. The number of fused-ring (bicyclic) bond motifs is 1. The number of piperidine rings is 1. The van der Waals surface area contributed by atoms with Gasteiger partial charge in [-0.3, -0.25) is 9.69 Å². The Bertz CT molecular complexity index is 935. The molecule has 1 fully saturated rings. The first-order chi connectivity index (χ1) is 13.5. The van der Waals surface area contributed by atoms with Crippen LogP contribution in [0.25, 0.3) is 10.2 Å². The Hall–Kier alpha value is -2.24. The van der Waals surface area contributed by atoms with Gasteiger partial charge in [-0.15, -0.1) is 11.3 Å². The summed E-state index contributed by atoms with van der Waals surface area (Å²) in [6.07, 6.45) is 2.11. The SMILES string of the molecule is Cc1cccc(C)c1NC(=O)[C@H](C)N1CCC(c2nc3ccccc3s2)CC1. The molecular weight excluding hydrogens is 366 g/mol. The molecule has 0 unspecified atom stereocenters. The smallest absolute Gasteiger partial charge is 0.241 e. The number of aromatic nitrogens is 1. The minimum Gasteiger partial charge on any atom is -0.324 e. The van der Waals surface area contributed by atoms with Crippen molar-refractivity contribution >= 4 is 33.1 Å². The maximum absolute atomic E-state index is 12.8. The number of thiazole rings is 1. The van der Waals surface area contributed by atoms with E-state index in [1.54, 1.807) is 0 Å². The van der Waals surface area contributed by atoms with Crippen LogP contribution < -0.4 is 5.32 Å². The third kappa shape index (κ3) is 3.82. The summed E-state index contributed by atoms with van der Waals surface area (Å²) >= 11 is 1.82. The highest BCUT2D eigenvalue weighted by atomic mass is 32.1. The van der Waals surface area contributed by atoms with Crippen molar-refractivity contribution in [2.24, 2.45) is 0 Å². The molecule has 5 heteroatoms. The summed E-state index contributed by atoms with van der Waals surface area (Å²) in [5.74, 6) is 0.582. The van der Waals surface area contributed by atoms with Gasteiger partial charge in [0.15, 0.2) is 0 Å². The summed E-state index contributed by atoms with van der Waals surface area (Å²) in [5.41, 5.74) is 4.26. The zero-order valence-electron chi connectivity index (χ0n) is 16.7. The van der Waals surface area contributed by atoms with Gasteiger partial charge in [-0.25, -0.2) is 4.98 Å². The van der Waals surface area contributed by atoms with Crippen molar-refractivity contribution in [3.8, 4) is 0 Å². The third-order valence-electron chi connectivity index (χ3n) is 5.85. The fraction of sp³-hybridized carbons (Fsp3) is 0.391. The van der Waals surface area contributed by atoms with Gasteiger partial charge in [-0.05, 0) is 70.0 Å². The molecule has 0 aliphatic carbocycles. The maximum Gasteiger partial charge on any atom is 0.241 e. The molecule has 28 heavy (non-hydrogen) atoms. The number of nitrogens with one attached hydrogen (secondary N) is 1. The summed E-state index contributed by atoms with van der Waals surface area (Å²) < 4.78 is 1.27. The molecule has 1 aliphatic rings.